The summed E-state index contributed by atoms with van der Waals surface area (Å²) in [5, 5.41) is 4.13. The maximum absolute atomic E-state index is 10.7. The molecular formula is C17H31N3O. The molecule has 2 heterocycles. The van der Waals surface area contributed by atoms with Crippen LogP contribution in [0.4, 0.5) is 0 Å². The first-order chi connectivity index (χ1) is 9.90. The molecular weight excluding hydrogens is 262 g/mol. The molecule has 4 nitrogen and oxygen atoms in total. The third-order valence-electron chi connectivity index (χ3n) is 2.49. The highest BCUT2D eigenvalue weighted by atomic mass is 16.1. The SMILES string of the molecule is CC.CC.Cc1ccc(=O)n(C)c1.Cc1cn(C)nc1C. The molecule has 21 heavy (non-hydrogen) atoms. The van der Waals surface area contributed by atoms with E-state index in [1.807, 2.05) is 71.7 Å². The van der Waals surface area contributed by atoms with Gasteiger partial charge in [-0.1, -0.05) is 33.8 Å². The van der Waals surface area contributed by atoms with Gasteiger partial charge in [-0.25, -0.2) is 0 Å². The van der Waals surface area contributed by atoms with Crippen LogP contribution in [-0.2, 0) is 14.1 Å². The molecule has 0 bridgehead atoms. The molecule has 0 atom stereocenters. The summed E-state index contributed by atoms with van der Waals surface area (Å²) in [5.74, 6) is 0. The molecule has 0 N–H and O–H groups in total. The van der Waals surface area contributed by atoms with Gasteiger partial charge in [0.25, 0.3) is 0 Å². The van der Waals surface area contributed by atoms with Crippen LogP contribution in [0.1, 0.15) is 44.5 Å². The van der Waals surface area contributed by atoms with Gasteiger partial charge in [0.2, 0.25) is 5.56 Å². The Morgan fingerprint density at radius 2 is 1.43 bits per heavy atom. The van der Waals surface area contributed by atoms with Gasteiger partial charge in [0.1, 0.15) is 0 Å². The molecule has 4 heteroatoms. The van der Waals surface area contributed by atoms with E-state index < -0.39 is 0 Å². The second-order valence-electron chi connectivity index (χ2n) is 4.23. The average molecular weight is 293 g/mol. The lowest BCUT2D eigenvalue weighted by atomic mass is 10.3. The predicted molar refractivity (Wildman–Crippen MR) is 91.8 cm³/mol. The van der Waals surface area contributed by atoms with Crippen molar-refractivity contribution in [2.45, 2.75) is 48.5 Å². The Kier molecular flexibility index (Phi) is 12.2. The van der Waals surface area contributed by atoms with Crippen molar-refractivity contribution in [1.82, 2.24) is 14.3 Å². The first-order valence-corrected chi connectivity index (χ1v) is 7.50. The number of hydrogen-bond donors (Lipinski definition) is 0. The summed E-state index contributed by atoms with van der Waals surface area (Å²) in [7, 11) is 3.68. The summed E-state index contributed by atoms with van der Waals surface area (Å²) < 4.78 is 3.39. The average Bonchev–Trinajstić information content (AvgIpc) is 2.76. The van der Waals surface area contributed by atoms with Gasteiger partial charge >= 0.3 is 0 Å². The molecule has 0 aliphatic heterocycles. The second kappa shape index (κ2) is 11.9. The Bertz CT molecular complexity index is 534. The highest BCUT2D eigenvalue weighted by Gasteiger charge is 1.92. The van der Waals surface area contributed by atoms with Crippen molar-refractivity contribution < 1.29 is 0 Å². The summed E-state index contributed by atoms with van der Waals surface area (Å²) in [6.45, 7) is 14.0. The molecule has 0 saturated carbocycles. The standard InChI is InChI=1S/C7H9NO.C6H10N2.2C2H6/c1-6-3-4-7(9)8(2)5-6;1-5-4-8(3)7-6(5)2;2*1-2/h3-5H,1-2H3;4H,1-3H3;2*1-2H3. The summed E-state index contributed by atoms with van der Waals surface area (Å²) in [5.41, 5.74) is 3.53. The van der Waals surface area contributed by atoms with Crippen molar-refractivity contribution >= 4 is 0 Å². The van der Waals surface area contributed by atoms with E-state index in [1.54, 1.807) is 17.7 Å². The number of aromatic nitrogens is 3. The monoisotopic (exact) mass is 293 g/mol. The van der Waals surface area contributed by atoms with Crippen LogP contribution >= 0.6 is 0 Å². The molecule has 2 aromatic rings. The largest absolute Gasteiger partial charge is 0.318 e. The van der Waals surface area contributed by atoms with Crippen LogP contribution in [0, 0.1) is 20.8 Å². The van der Waals surface area contributed by atoms with E-state index in [0.29, 0.717) is 0 Å². The van der Waals surface area contributed by atoms with Crippen LogP contribution in [0.15, 0.2) is 29.3 Å². The molecule has 120 valence electrons. The van der Waals surface area contributed by atoms with Crippen molar-refractivity contribution in [1.29, 1.82) is 0 Å². The molecule has 0 aliphatic rings. The van der Waals surface area contributed by atoms with Gasteiger partial charge in [-0.05, 0) is 31.9 Å². The van der Waals surface area contributed by atoms with Gasteiger partial charge in [0.05, 0.1) is 5.69 Å². The predicted octanol–water partition coefficient (Wildman–Crippen LogP) is 3.78. The zero-order chi connectivity index (χ0) is 17.0. The quantitative estimate of drug-likeness (QED) is 0.741. The van der Waals surface area contributed by atoms with E-state index in [2.05, 4.69) is 12.0 Å². The van der Waals surface area contributed by atoms with E-state index >= 15 is 0 Å². The highest BCUT2D eigenvalue weighted by Crippen LogP contribution is 1.99. The molecule has 0 fully saturated rings. The number of aryl methyl sites for hydroxylation is 5. The van der Waals surface area contributed by atoms with Crippen LogP contribution in [0.25, 0.3) is 0 Å². The van der Waals surface area contributed by atoms with Crippen molar-refractivity contribution in [2.24, 2.45) is 14.1 Å². The lowest BCUT2D eigenvalue weighted by molar-refractivity contribution is 0.756. The van der Waals surface area contributed by atoms with Gasteiger partial charge in [-0.15, -0.1) is 0 Å². The first kappa shape index (κ1) is 21.5. The molecule has 2 rings (SSSR count). The summed E-state index contributed by atoms with van der Waals surface area (Å²) in [4.78, 5) is 10.7. The van der Waals surface area contributed by atoms with E-state index in [9.17, 15) is 4.79 Å². The zero-order valence-electron chi connectivity index (χ0n) is 15.1. The lowest BCUT2D eigenvalue weighted by Gasteiger charge is -1.94. The lowest BCUT2D eigenvalue weighted by Crippen LogP contribution is -2.13. The zero-order valence-corrected chi connectivity index (χ0v) is 15.1. The van der Waals surface area contributed by atoms with E-state index in [0.717, 1.165) is 11.3 Å². The number of nitrogens with zero attached hydrogens (tertiary/aromatic N) is 3. The Hall–Kier alpha value is -1.84. The van der Waals surface area contributed by atoms with Crippen LogP contribution in [0.3, 0.4) is 0 Å². The maximum Gasteiger partial charge on any atom is 0.250 e. The Morgan fingerprint density at radius 1 is 0.905 bits per heavy atom. The Labute approximate surface area is 129 Å². The van der Waals surface area contributed by atoms with Crippen molar-refractivity contribution in [3.05, 3.63) is 51.7 Å². The number of rotatable bonds is 0. The molecule has 2 aromatic heterocycles. The van der Waals surface area contributed by atoms with E-state index in [-0.39, 0.29) is 5.56 Å². The Morgan fingerprint density at radius 3 is 1.67 bits per heavy atom. The first-order valence-electron chi connectivity index (χ1n) is 7.50. The molecule has 0 unspecified atom stereocenters. The molecule has 0 aromatic carbocycles. The van der Waals surface area contributed by atoms with Gasteiger partial charge < -0.3 is 4.57 Å². The summed E-state index contributed by atoms with van der Waals surface area (Å²) >= 11 is 0. The van der Waals surface area contributed by atoms with Crippen LogP contribution in [0.5, 0.6) is 0 Å². The van der Waals surface area contributed by atoms with Crippen LogP contribution < -0.4 is 5.56 Å². The van der Waals surface area contributed by atoms with Gasteiger partial charge in [0.15, 0.2) is 0 Å². The van der Waals surface area contributed by atoms with Crippen molar-refractivity contribution in [3.8, 4) is 0 Å². The molecule has 0 saturated heterocycles. The minimum absolute atomic E-state index is 0.0422. The smallest absolute Gasteiger partial charge is 0.250 e. The third-order valence-corrected chi connectivity index (χ3v) is 2.49. The normalized spacial score (nSPS) is 8.43. The molecule has 0 radical (unpaired) electrons. The van der Waals surface area contributed by atoms with Crippen LogP contribution in [0.2, 0.25) is 0 Å². The fourth-order valence-corrected chi connectivity index (χ4v) is 1.45. The van der Waals surface area contributed by atoms with E-state index in [1.165, 1.54) is 5.56 Å². The molecule has 0 aliphatic carbocycles. The van der Waals surface area contributed by atoms with Crippen LogP contribution in [-0.4, -0.2) is 14.3 Å². The summed E-state index contributed by atoms with van der Waals surface area (Å²) in [6.07, 6.45) is 3.82. The van der Waals surface area contributed by atoms with E-state index in [4.69, 9.17) is 0 Å². The van der Waals surface area contributed by atoms with Gasteiger partial charge in [-0.2, -0.15) is 5.10 Å². The summed E-state index contributed by atoms with van der Waals surface area (Å²) in [6, 6.07) is 3.37. The fourth-order valence-electron chi connectivity index (χ4n) is 1.45. The fraction of sp³-hybridized carbons (Fsp3) is 0.529. The van der Waals surface area contributed by atoms with Crippen molar-refractivity contribution in [3.63, 3.8) is 0 Å². The van der Waals surface area contributed by atoms with Crippen molar-refractivity contribution in [2.75, 3.05) is 0 Å². The third kappa shape index (κ3) is 8.84. The topological polar surface area (TPSA) is 39.8 Å². The van der Waals surface area contributed by atoms with Gasteiger partial charge in [0, 0.05) is 32.6 Å². The minimum atomic E-state index is 0.0422. The number of hydrogen-bond acceptors (Lipinski definition) is 2. The second-order valence-corrected chi connectivity index (χ2v) is 4.23. The molecule has 0 amide bonds. The minimum Gasteiger partial charge on any atom is -0.318 e. The maximum atomic E-state index is 10.7. The molecule has 0 spiro atoms. The number of pyridine rings is 1. The highest BCUT2D eigenvalue weighted by molar-refractivity contribution is 5.11. The Balaban J connectivity index is 0. The van der Waals surface area contributed by atoms with Gasteiger partial charge in [-0.3, -0.25) is 9.48 Å².